The van der Waals surface area contributed by atoms with Crippen LogP contribution in [0.15, 0.2) is 45.6 Å². The highest BCUT2D eigenvalue weighted by Crippen LogP contribution is 2.54. The lowest BCUT2D eigenvalue weighted by atomic mass is 9.58. The molecule has 0 bridgehead atoms. The second kappa shape index (κ2) is 7.08. The van der Waals surface area contributed by atoms with E-state index in [1.165, 1.54) is 0 Å². The first kappa shape index (κ1) is 19.0. The first-order valence-electron chi connectivity index (χ1n) is 8.38. The molecule has 2 aliphatic rings. The zero-order valence-electron chi connectivity index (χ0n) is 15.0. The van der Waals surface area contributed by atoms with Crippen LogP contribution in [-0.4, -0.2) is 32.1 Å². The summed E-state index contributed by atoms with van der Waals surface area (Å²) in [5.41, 5.74) is 6.60. The van der Waals surface area contributed by atoms with Crippen molar-refractivity contribution < 1.29 is 4.74 Å². The number of fused-ring (bicyclic) bond motifs is 1. The van der Waals surface area contributed by atoms with Gasteiger partial charge in [0.15, 0.2) is 5.41 Å². The fourth-order valence-corrected chi connectivity index (χ4v) is 4.63. The minimum Gasteiger partial charge on any atom is -0.496 e. The Kier molecular flexibility index (Phi) is 4.98. The maximum absolute atomic E-state index is 10.0. The first-order chi connectivity index (χ1) is 12.9. The molecule has 6 nitrogen and oxygen atoms in total. The summed E-state index contributed by atoms with van der Waals surface area (Å²) >= 11 is 3.48. The number of methoxy groups -OCH3 is 1. The van der Waals surface area contributed by atoms with Crippen molar-refractivity contribution in [3.8, 4) is 24.0 Å². The second-order valence-corrected chi connectivity index (χ2v) is 7.65. The van der Waals surface area contributed by atoms with Gasteiger partial charge in [0.2, 0.25) is 0 Å². The van der Waals surface area contributed by atoms with Crippen molar-refractivity contribution in [3.63, 3.8) is 0 Å². The Morgan fingerprint density at radius 2 is 2.00 bits per heavy atom. The van der Waals surface area contributed by atoms with Crippen LogP contribution in [0.2, 0.25) is 0 Å². The molecule has 3 rings (SSSR count). The van der Waals surface area contributed by atoms with Crippen molar-refractivity contribution in [2.24, 2.45) is 17.1 Å². The monoisotopic (exact) mass is 423 g/mol. The number of benzene rings is 1. The lowest BCUT2D eigenvalue weighted by Crippen LogP contribution is -2.47. The number of ether oxygens (including phenoxy) is 1. The Labute approximate surface area is 166 Å². The minimum absolute atomic E-state index is 0.0407. The summed E-state index contributed by atoms with van der Waals surface area (Å²) in [6.45, 7) is 1.32. The van der Waals surface area contributed by atoms with E-state index in [2.05, 4.69) is 39.0 Å². The SMILES string of the molecule is COc1ccc([C@@H]2[C@H]3CN(C)CC=C3C(C#N)=C(N)C2(C#N)C#N)cc1Br. The van der Waals surface area contributed by atoms with E-state index in [0.29, 0.717) is 18.8 Å². The number of nitriles is 3. The van der Waals surface area contributed by atoms with E-state index in [-0.39, 0.29) is 17.2 Å². The molecule has 0 fully saturated rings. The number of hydrogen-bond acceptors (Lipinski definition) is 6. The minimum atomic E-state index is -1.61. The molecule has 136 valence electrons. The third kappa shape index (κ3) is 2.79. The molecule has 1 aromatic carbocycles. The predicted octanol–water partition coefficient (Wildman–Crippen LogP) is 2.81. The molecule has 0 spiro atoms. The van der Waals surface area contributed by atoms with Crippen LogP contribution >= 0.6 is 15.9 Å². The number of halogens is 1. The van der Waals surface area contributed by atoms with E-state index in [9.17, 15) is 15.8 Å². The molecule has 27 heavy (non-hydrogen) atoms. The van der Waals surface area contributed by atoms with Gasteiger partial charge in [-0.05, 0) is 46.2 Å². The number of nitrogens with two attached hydrogens (primary N) is 1. The summed E-state index contributed by atoms with van der Waals surface area (Å²) < 4.78 is 6.03. The van der Waals surface area contributed by atoms with E-state index < -0.39 is 11.3 Å². The van der Waals surface area contributed by atoms with Gasteiger partial charge in [-0.3, -0.25) is 0 Å². The molecule has 0 saturated carbocycles. The highest BCUT2D eigenvalue weighted by Gasteiger charge is 2.54. The van der Waals surface area contributed by atoms with Gasteiger partial charge in [-0.25, -0.2) is 0 Å². The van der Waals surface area contributed by atoms with Gasteiger partial charge in [-0.2, -0.15) is 15.8 Å². The Hall–Kier alpha value is -2.79. The number of likely N-dealkylation sites (N-methyl/N-ethyl adjacent to an activating group) is 1. The Bertz CT molecular complexity index is 962. The fourth-order valence-electron chi connectivity index (χ4n) is 4.08. The molecule has 0 radical (unpaired) electrons. The van der Waals surface area contributed by atoms with Crippen LogP contribution < -0.4 is 10.5 Å². The van der Waals surface area contributed by atoms with Crippen molar-refractivity contribution in [2.45, 2.75) is 5.92 Å². The molecule has 2 atom stereocenters. The van der Waals surface area contributed by atoms with Crippen LogP contribution in [0.5, 0.6) is 5.75 Å². The van der Waals surface area contributed by atoms with E-state index >= 15 is 0 Å². The molecule has 1 aromatic rings. The highest BCUT2D eigenvalue weighted by molar-refractivity contribution is 9.10. The first-order valence-corrected chi connectivity index (χ1v) is 9.18. The van der Waals surface area contributed by atoms with Gasteiger partial charge in [-0.15, -0.1) is 0 Å². The summed E-state index contributed by atoms with van der Waals surface area (Å²) in [5, 5.41) is 29.7. The summed E-state index contributed by atoms with van der Waals surface area (Å²) in [6, 6.07) is 11.9. The van der Waals surface area contributed by atoms with E-state index in [1.807, 2.05) is 25.3 Å². The summed E-state index contributed by atoms with van der Waals surface area (Å²) in [6.07, 6.45) is 1.98. The maximum Gasteiger partial charge on any atom is 0.191 e. The third-order valence-corrected chi connectivity index (χ3v) is 6.00. The summed E-state index contributed by atoms with van der Waals surface area (Å²) in [7, 11) is 3.55. The number of allylic oxidation sites excluding steroid dienone is 2. The zero-order valence-corrected chi connectivity index (χ0v) is 16.6. The Morgan fingerprint density at radius 1 is 1.30 bits per heavy atom. The molecule has 1 aliphatic heterocycles. The van der Waals surface area contributed by atoms with Crippen LogP contribution in [0.1, 0.15) is 11.5 Å². The molecule has 0 saturated heterocycles. The van der Waals surface area contributed by atoms with Gasteiger partial charge in [0.05, 0.1) is 35.0 Å². The van der Waals surface area contributed by atoms with Gasteiger partial charge < -0.3 is 15.4 Å². The lowest BCUT2D eigenvalue weighted by molar-refractivity contribution is 0.237. The van der Waals surface area contributed by atoms with Gasteiger partial charge in [0.25, 0.3) is 0 Å². The molecule has 1 aliphatic carbocycles. The van der Waals surface area contributed by atoms with Crippen molar-refractivity contribution in [1.29, 1.82) is 15.8 Å². The molecule has 7 heteroatoms. The molecular formula is C20H18BrN5O. The van der Waals surface area contributed by atoms with Gasteiger partial charge >= 0.3 is 0 Å². The number of hydrogen-bond donors (Lipinski definition) is 1. The van der Waals surface area contributed by atoms with E-state index in [4.69, 9.17) is 10.5 Å². The molecular weight excluding hydrogens is 406 g/mol. The normalized spacial score (nSPS) is 24.1. The van der Waals surface area contributed by atoms with Crippen LogP contribution in [0.4, 0.5) is 0 Å². The van der Waals surface area contributed by atoms with Crippen LogP contribution in [0.25, 0.3) is 0 Å². The summed E-state index contributed by atoms with van der Waals surface area (Å²) in [4.78, 5) is 2.11. The average molecular weight is 424 g/mol. The number of nitrogens with zero attached hydrogens (tertiary/aromatic N) is 4. The average Bonchev–Trinajstić information content (AvgIpc) is 2.67. The molecule has 1 heterocycles. The van der Waals surface area contributed by atoms with Crippen molar-refractivity contribution in [1.82, 2.24) is 4.90 Å². The van der Waals surface area contributed by atoms with Crippen molar-refractivity contribution in [2.75, 3.05) is 27.2 Å². The maximum atomic E-state index is 10.0. The van der Waals surface area contributed by atoms with Gasteiger partial charge in [0.1, 0.15) is 11.8 Å². The van der Waals surface area contributed by atoms with Crippen molar-refractivity contribution >= 4 is 15.9 Å². The van der Waals surface area contributed by atoms with Crippen LogP contribution in [-0.2, 0) is 0 Å². The number of rotatable bonds is 2. The quantitative estimate of drug-likeness (QED) is 0.782. The van der Waals surface area contributed by atoms with E-state index in [0.717, 1.165) is 15.6 Å². The molecule has 0 amide bonds. The lowest BCUT2D eigenvalue weighted by Gasteiger charge is -2.45. The fraction of sp³-hybridized carbons (Fsp3) is 0.350. The topological polar surface area (TPSA) is 110 Å². The zero-order chi connectivity index (χ0) is 19.8. The van der Waals surface area contributed by atoms with Crippen LogP contribution in [0.3, 0.4) is 0 Å². The second-order valence-electron chi connectivity index (χ2n) is 6.79. The predicted molar refractivity (Wildman–Crippen MR) is 103 cm³/mol. The summed E-state index contributed by atoms with van der Waals surface area (Å²) in [5.74, 6) is -0.0297. The van der Waals surface area contributed by atoms with E-state index in [1.54, 1.807) is 13.2 Å². The largest absolute Gasteiger partial charge is 0.496 e. The third-order valence-electron chi connectivity index (χ3n) is 5.38. The Morgan fingerprint density at radius 3 is 2.56 bits per heavy atom. The van der Waals surface area contributed by atoms with Crippen LogP contribution in [0, 0.1) is 45.3 Å². The highest BCUT2D eigenvalue weighted by atomic mass is 79.9. The van der Waals surface area contributed by atoms with Gasteiger partial charge in [-0.1, -0.05) is 12.1 Å². The Balaban J connectivity index is 2.31. The molecule has 0 unspecified atom stereocenters. The smallest absolute Gasteiger partial charge is 0.191 e. The van der Waals surface area contributed by atoms with Gasteiger partial charge in [0, 0.05) is 24.9 Å². The standard InChI is InChI=1S/C20H18BrN5O/c1-26-6-5-13-14(8-22)19(25)20(10-23,11-24)18(15(13)9-26)12-3-4-17(27-2)16(21)7-12/h3-5,7,15,18H,6,9,25H2,1-2H3/t15-,18+/m0/s1. The van der Waals surface area contributed by atoms with Crippen molar-refractivity contribution in [3.05, 3.63) is 51.2 Å². The molecule has 0 aromatic heterocycles. The molecule has 2 N–H and O–H groups in total.